The van der Waals surface area contributed by atoms with Crippen LogP contribution in [0.15, 0.2) is 12.4 Å². The fourth-order valence-electron chi connectivity index (χ4n) is 2.17. The molecule has 0 radical (unpaired) electrons. The molecular formula is C11H18N4. The van der Waals surface area contributed by atoms with E-state index in [1.165, 1.54) is 25.7 Å². The van der Waals surface area contributed by atoms with Crippen LogP contribution in [-0.4, -0.2) is 16.0 Å². The Kier molecular flexibility index (Phi) is 3.04. The second-order valence-electron chi connectivity index (χ2n) is 4.34. The number of hydrogen-bond acceptors (Lipinski definition) is 4. The summed E-state index contributed by atoms with van der Waals surface area (Å²) in [5.41, 5.74) is 5.58. The molecule has 1 aliphatic carbocycles. The van der Waals surface area contributed by atoms with Gasteiger partial charge in [0, 0.05) is 6.04 Å². The summed E-state index contributed by atoms with van der Waals surface area (Å²) in [6, 6.07) is 0.523. The first-order chi connectivity index (χ1) is 7.25. The van der Waals surface area contributed by atoms with Gasteiger partial charge >= 0.3 is 0 Å². The van der Waals surface area contributed by atoms with Crippen molar-refractivity contribution >= 4 is 11.6 Å². The Morgan fingerprint density at radius 1 is 1.33 bits per heavy atom. The zero-order valence-corrected chi connectivity index (χ0v) is 9.11. The lowest BCUT2D eigenvalue weighted by molar-refractivity contribution is 0.349. The summed E-state index contributed by atoms with van der Waals surface area (Å²) in [6.07, 6.45) is 8.47. The summed E-state index contributed by atoms with van der Waals surface area (Å²) in [7, 11) is 0. The van der Waals surface area contributed by atoms with Crippen molar-refractivity contribution in [2.45, 2.75) is 38.6 Å². The number of nitrogens with zero attached hydrogens (tertiary/aromatic N) is 2. The smallest absolute Gasteiger partial charge is 0.147 e. The highest BCUT2D eigenvalue weighted by Gasteiger charge is 2.21. The minimum atomic E-state index is 0.475. The van der Waals surface area contributed by atoms with Crippen LogP contribution in [0.2, 0.25) is 0 Å². The van der Waals surface area contributed by atoms with Crippen LogP contribution in [0, 0.1) is 5.92 Å². The molecule has 0 spiro atoms. The second-order valence-corrected chi connectivity index (χ2v) is 4.34. The molecule has 1 aliphatic rings. The number of nitrogens with one attached hydrogen (secondary N) is 1. The van der Waals surface area contributed by atoms with Crippen molar-refractivity contribution in [1.29, 1.82) is 0 Å². The van der Waals surface area contributed by atoms with E-state index in [4.69, 9.17) is 5.73 Å². The monoisotopic (exact) mass is 206 g/mol. The van der Waals surface area contributed by atoms with Gasteiger partial charge in [0.2, 0.25) is 0 Å². The Labute approximate surface area is 90.3 Å². The molecule has 3 N–H and O–H groups in total. The summed E-state index contributed by atoms with van der Waals surface area (Å²) in [4.78, 5) is 8.23. The summed E-state index contributed by atoms with van der Waals surface area (Å²) in [6.45, 7) is 2.29. The van der Waals surface area contributed by atoms with Crippen LogP contribution in [-0.2, 0) is 0 Å². The highest BCUT2D eigenvalue weighted by atomic mass is 15.1. The Morgan fingerprint density at radius 3 is 2.87 bits per heavy atom. The molecule has 1 aromatic rings. The first kappa shape index (κ1) is 10.2. The maximum Gasteiger partial charge on any atom is 0.147 e. The van der Waals surface area contributed by atoms with Crippen molar-refractivity contribution in [3.05, 3.63) is 12.4 Å². The summed E-state index contributed by atoms with van der Waals surface area (Å²) >= 11 is 0. The van der Waals surface area contributed by atoms with E-state index >= 15 is 0 Å². The van der Waals surface area contributed by atoms with Gasteiger partial charge < -0.3 is 11.1 Å². The zero-order valence-electron chi connectivity index (χ0n) is 9.11. The van der Waals surface area contributed by atoms with Crippen molar-refractivity contribution in [1.82, 2.24) is 9.97 Å². The molecule has 15 heavy (non-hydrogen) atoms. The molecule has 2 rings (SSSR count). The standard InChI is InChI=1S/C11H18N4/c1-8-4-2-3-5-9(8)14-11-7-13-6-10(12)15-11/h6-9H,2-5H2,1H3,(H3,12,14,15). The van der Waals surface area contributed by atoms with Crippen LogP contribution in [0.4, 0.5) is 11.6 Å². The van der Waals surface area contributed by atoms with Gasteiger partial charge in [0.25, 0.3) is 0 Å². The maximum absolute atomic E-state index is 5.58. The lowest BCUT2D eigenvalue weighted by atomic mass is 9.86. The van der Waals surface area contributed by atoms with E-state index in [-0.39, 0.29) is 0 Å². The third-order valence-electron chi connectivity index (χ3n) is 3.10. The first-order valence-corrected chi connectivity index (χ1v) is 5.60. The molecule has 2 atom stereocenters. The third-order valence-corrected chi connectivity index (χ3v) is 3.10. The molecule has 1 saturated carbocycles. The third kappa shape index (κ3) is 2.58. The van der Waals surface area contributed by atoms with Crippen molar-refractivity contribution in [2.75, 3.05) is 11.1 Å². The van der Waals surface area contributed by atoms with Gasteiger partial charge in [-0.25, -0.2) is 4.98 Å². The van der Waals surface area contributed by atoms with Gasteiger partial charge in [0.05, 0.1) is 12.4 Å². The van der Waals surface area contributed by atoms with E-state index in [0.29, 0.717) is 17.8 Å². The lowest BCUT2D eigenvalue weighted by Crippen LogP contribution is -2.30. The molecule has 4 heteroatoms. The average Bonchev–Trinajstić information content (AvgIpc) is 2.22. The van der Waals surface area contributed by atoms with Gasteiger partial charge in [-0.05, 0) is 18.8 Å². The molecule has 4 nitrogen and oxygen atoms in total. The van der Waals surface area contributed by atoms with Crippen molar-refractivity contribution < 1.29 is 0 Å². The fraction of sp³-hybridized carbons (Fsp3) is 0.636. The molecule has 1 heterocycles. The zero-order chi connectivity index (χ0) is 10.7. The quantitative estimate of drug-likeness (QED) is 0.777. The normalized spacial score (nSPS) is 26.2. The summed E-state index contributed by atoms with van der Waals surface area (Å²) in [5, 5.41) is 3.42. The Bertz CT molecular complexity index is 326. The molecule has 0 amide bonds. The predicted octanol–water partition coefficient (Wildman–Crippen LogP) is 2.05. The van der Waals surface area contributed by atoms with Crippen LogP contribution in [0.1, 0.15) is 32.6 Å². The van der Waals surface area contributed by atoms with Gasteiger partial charge in [-0.2, -0.15) is 0 Å². The maximum atomic E-state index is 5.58. The predicted molar refractivity (Wildman–Crippen MR) is 61.5 cm³/mol. The highest BCUT2D eigenvalue weighted by molar-refractivity contribution is 5.39. The average molecular weight is 206 g/mol. The SMILES string of the molecule is CC1CCCCC1Nc1cncc(N)n1. The highest BCUT2D eigenvalue weighted by Crippen LogP contribution is 2.26. The molecule has 0 saturated heterocycles. The van der Waals surface area contributed by atoms with E-state index < -0.39 is 0 Å². The van der Waals surface area contributed by atoms with Crippen molar-refractivity contribution in [3.8, 4) is 0 Å². The van der Waals surface area contributed by atoms with E-state index in [2.05, 4.69) is 22.2 Å². The van der Waals surface area contributed by atoms with Crippen LogP contribution in [0.25, 0.3) is 0 Å². The summed E-state index contributed by atoms with van der Waals surface area (Å²) < 4.78 is 0. The largest absolute Gasteiger partial charge is 0.382 e. The van der Waals surface area contributed by atoms with E-state index in [0.717, 1.165) is 5.82 Å². The van der Waals surface area contributed by atoms with Gasteiger partial charge in [-0.15, -0.1) is 0 Å². The van der Waals surface area contributed by atoms with Crippen LogP contribution < -0.4 is 11.1 Å². The number of anilines is 2. The van der Waals surface area contributed by atoms with E-state index in [1.807, 2.05) is 0 Å². The van der Waals surface area contributed by atoms with Crippen LogP contribution in [0.3, 0.4) is 0 Å². The Balaban J connectivity index is 2.01. The van der Waals surface area contributed by atoms with Gasteiger partial charge in [-0.1, -0.05) is 19.8 Å². The Morgan fingerprint density at radius 2 is 2.13 bits per heavy atom. The molecule has 0 bridgehead atoms. The molecular weight excluding hydrogens is 188 g/mol. The molecule has 1 fully saturated rings. The fourth-order valence-corrected chi connectivity index (χ4v) is 2.17. The number of nitrogen functional groups attached to an aromatic ring is 1. The molecule has 0 aliphatic heterocycles. The van der Waals surface area contributed by atoms with Crippen molar-refractivity contribution in [3.63, 3.8) is 0 Å². The summed E-state index contributed by atoms with van der Waals surface area (Å²) in [5.74, 6) is 1.99. The molecule has 82 valence electrons. The van der Waals surface area contributed by atoms with Gasteiger partial charge in [-0.3, -0.25) is 4.98 Å². The van der Waals surface area contributed by atoms with Crippen LogP contribution in [0.5, 0.6) is 0 Å². The second kappa shape index (κ2) is 4.47. The topological polar surface area (TPSA) is 63.8 Å². The number of hydrogen-bond donors (Lipinski definition) is 2. The number of aromatic nitrogens is 2. The minimum Gasteiger partial charge on any atom is -0.382 e. The van der Waals surface area contributed by atoms with Gasteiger partial charge in [0.1, 0.15) is 11.6 Å². The van der Waals surface area contributed by atoms with Crippen LogP contribution >= 0.6 is 0 Å². The van der Waals surface area contributed by atoms with Gasteiger partial charge in [0.15, 0.2) is 0 Å². The number of rotatable bonds is 2. The Hall–Kier alpha value is -1.32. The first-order valence-electron chi connectivity index (χ1n) is 5.60. The van der Waals surface area contributed by atoms with Crippen molar-refractivity contribution in [2.24, 2.45) is 5.92 Å². The van der Waals surface area contributed by atoms with E-state index in [9.17, 15) is 0 Å². The number of nitrogens with two attached hydrogens (primary N) is 1. The molecule has 2 unspecified atom stereocenters. The molecule has 0 aromatic carbocycles. The molecule has 1 aromatic heterocycles. The van der Waals surface area contributed by atoms with E-state index in [1.54, 1.807) is 12.4 Å². The minimum absolute atomic E-state index is 0.475. The lowest BCUT2D eigenvalue weighted by Gasteiger charge is -2.29.